The van der Waals surface area contributed by atoms with Crippen molar-refractivity contribution < 1.29 is 14.6 Å². The van der Waals surface area contributed by atoms with Gasteiger partial charge in [-0.2, -0.15) is 0 Å². The lowest BCUT2D eigenvalue weighted by atomic mass is 9.83. The molecule has 7 heteroatoms. The van der Waals surface area contributed by atoms with Crippen molar-refractivity contribution in [3.63, 3.8) is 0 Å². The van der Waals surface area contributed by atoms with Crippen LogP contribution in [0.15, 0.2) is 79.0 Å². The lowest BCUT2D eigenvalue weighted by Crippen LogP contribution is -2.42. The number of carbonyl (C=O) groups excluding carboxylic acids is 1. The molecule has 0 saturated carbocycles. The van der Waals surface area contributed by atoms with Gasteiger partial charge in [-0.1, -0.05) is 42.5 Å². The summed E-state index contributed by atoms with van der Waals surface area (Å²) in [7, 11) is 1.67. The van der Waals surface area contributed by atoms with Gasteiger partial charge in [0.05, 0.1) is 19.2 Å². The third-order valence-electron chi connectivity index (χ3n) is 7.38. The minimum absolute atomic E-state index is 0.0187. The molecular formula is C28H28N4O3. The highest BCUT2D eigenvalue weighted by Gasteiger charge is 2.55. The molecule has 6 rings (SSSR count). The molecule has 4 unspecified atom stereocenters. The molecule has 3 aromatic carbocycles. The summed E-state index contributed by atoms with van der Waals surface area (Å²) in [5.74, 6) is 1.07. The Bertz CT molecular complexity index is 1370. The van der Waals surface area contributed by atoms with Crippen LogP contribution in [0.5, 0.6) is 11.5 Å². The number of carbonyl (C=O) groups is 1. The fourth-order valence-corrected chi connectivity index (χ4v) is 5.74. The van der Waals surface area contributed by atoms with Crippen molar-refractivity contribution in [1.82, 2.24) is 20.7 Å². The molecule has 1 aromatic heterocycles. The zero-order valence-corrected chi connectivity index (χ0v) is 19.4. The van der Waals surface area contributed by atoms with Gasteiger partial charge < -0.3 is 19.7 Å². The second-order valence-corrected chi connectivity index (χ2v) is 9.28. The molecule has 4 N–H and O–H groups in total. The highest BCUT2D eigenvalue weighted by atomic mass is 16.5. The van der Waals surface area contributed by atoms with E-state index in [-0.39, 0.29) is 35.7 Å². The number of aromatic amines is 1. The Labute approximate surface area is 203 Å². The molecule has 4 aromatic rings. The number of hydrogen-bond acceptors (Lipinski definition) is 5. The van der Waals surface area contributed by atoms with Crippen molar-refractivity contribution in [1.29, 1.82) is 0 Å². The quantitative estimate of drug-likeness (QED) is 0.345. The van der Waals surface area contributed by atoms with Gasteiger partial charge in [-0.15, -0.1) is 0 Å². The van der Waals surface area contributed by atoms with Gasteiger partial charge in [0.25, 0.3) is 0 Å². The molecule has 2 aliphatic heterocycles. The van der Waals surface area contributed by atoms with E-state index in [2.05, 4.69) is 28.0 Å². The summed E-state index contributed by atoms with van der Waals surface area (Å²) in [5, 5.41) is 11.3. The third-order valence-corrected chi connectivity index (χ3v) is 7.38. The van der Waals surface area contributed by atoms with Crippen LogP contribution < -0.4 is 15.6 Å². The smallest absolute Gasteiger partial charge is 0.242 e. The topological polar surface area (TPSA) is 89.6 Å². The Morgan fingerprint density at radius 3 is 2.54 bits per heavy atom. The van der Waals surface area contributed by atoms with E-state index in [1.807, 2.05) is 59.6 Å². The lowest BCUT2D eigenvalue weighted by molar-refractivity contribution is -0.130. The van der Waals surface area contributed by atoms with E-state index in [0.29, 0.717) is 13.0 Å². The van der Waals surface area contributed by atoms with Crippen molar-refractivity contribution in [3.8, 4) is 11.5 Å². The minimum Gasteiger partial charge on any atom is -0.508 e. The number of hydrogen-bond donors (Lipinski definition) is 4. The molecule has 0 radical (unpaired) electrons. The van der Waals surface area contributed by atoms with Crippen molar-refractivity contribution in [2.45, 2.75) is 24.5 Å². The molecule has 0 aliphatic carbocycles. The van der Waals surface area contributed by atoms with Crippen molar-refractivity contribution >= 4 is 16.8 Å². The van der Waals surface area contributed by atoms with Crippen LogP contribution in [0.1, 0.15) is 28.8 Å². The third kappa shape index (κ3) is 3.73. The van der Waals surface area contributed by atoms with E-state index in [1.54, 1.807) is 19.2 Å². The molecule has 1 amide bonds. The maximum Gasteiger partial charge on any atom is 0.242 e. The van der Waals surface area contributed by atoms with Crippen LogP contribution in [0.25, 0.3) is 10.9 Å². The molecule has 2 saturated heterocycles. The van der Waals surface area contributed by atoms with Gasteiger partial charge in [0.1, 0.15) is 17.5 Å². The Morgan fingerprint density at radius 2 is 1.74 bits per heavy atom. The fraction of sp³-hybridized carbons (Fsp3) is 0.250. The van der Waals surface area contributed by atoms with Crippen molar-refractivity contribution in [2.75, 3.05) is 13.7 Å². The number of nitrogens with one attached hydrogen (secondary N) is 3. The summed E-state index contributed by atoms with van der Waals surface area (Å²) in [5.41, 5.74) is 10.9. The molecule has 3 heterocycles. The zero-order chi connectivity index (χ0) is 23.9. The van der Waals surface area contributed by atoms with Crippen LogP contribution in [-0.2, 0) is 11.2 Å². The first-order valence-corrected chi connectivity index (χ1v) is 11.9. The molecule has 2 aliphatic rings. The lowest BCUT2D eigenvalue weighted by Gasteiger charge is -2.31. The summed E-state index contributed by atoms with van der Waals surface area (Å²) < 4.78 is 5.41. The summed E-state index contributed by atoms with van der Waals surface area (Å²) in [4.78, 5) is 19.0. The number of amides is 1. The largest absolute Gasteiger partial charge is 0.508 e. The standard InChI is InChI=1S/C28H28N4O3/c1-35-21-10-11-23-22(15-21)19(16-29-23)12-13-32-27(18-8-5-9-20(33)14-18)24-25(17-6-3-2-4-7-17)30-31-26(24)28(32)34/h2-11,14-16,24-27,29-31,33H,12-13H2,1H3. The number of hydrazine groups is 1. The first kappa shape index (κ1) is 21.7. The van der Waals surface area contributed by atoms with Crippen LogP contribution in [-0.4, -0.2) is 40.6 Å². The van der Waals surface area contributed by atoms with Crippen LogP contribution in [0.2, 0.25) is 0 Å². The summed E-state index contributed by atoms with van der Waals surface area (Å²) >= 11 is 0. The highest BCUT2D eigenvalue weighted by Crippen LogP contribution is 2.47. The van der Waals surface area contributed by atoms with E-state index in [0.717, 1.165) is 33.3 Å². The van der Waals surface area contributed by atoms with Gasteiger partial charge in [-0.3, -0.25) is 4.79 Å². The Balaban J connectivity index is 1.35. The summed E-state index contributed by atoms with van der Waals surface area (Å²) in [6, 6.07) is 23.0. The van der Waals surface area contributed by atoms with Crippen LogP contribution in [0, 0.1) is 5.92 Å². The second-order valence-electron chi connectivity index (χ2n) is 9.28. The monoisotopic (exact) mass is 468 g/mol. The maximum absolute atomic E-state index is 13.7. The molecule has 0 bridgehead atoms. The number of H-pyrrole nitrogens is 1. The zero-order valence-electron chi connectivity index (χ0n) is 19.4. The van der Waals surface area contributed by atoms with E-state index in [1.165, 1.54) is 0 Å². The number of phenols is 1. The predicted octanol–water partition coefficient (Wildman–Crippen LogP) is 3.84. The molecule has 2 fully saturated rings. The van der Waals surface area contributed by atoms with E-state index >= 15 is 0 Å². The number of ether oxygens (including phenoxy) is 1. The second kappa shape index (κ2) is 8.76. The number of likely N-dealkylation sites (tertiary alicyclic amines) is 1. The maximum atomic E-state index is 13.7. The average Bonchev–Trinajstić information content (AvgIpc) is 3.57. The number of benzene rings is 3. The van der Waals surface area contributed by atoms with Crippen molar-refractivity contribution in [3.05, 3.63) is 95.7 Å². The van der Waals surface area contributed by atoms with Crippen LogP contribution in [0.3, 0.4) is 0 Å². The number of aromatic nitrogens is 1. The van der Waals surface area contributed by atoms with Gasteiger partial charge in [0.15, 0.2) is 0 Å². The van der Waals surface area contributed by atoms with Crippen LogP contribution >= 0.6 is 0 Å². The average molecular weight is 469 g/mol. The van der Waals surface area contributed by atoms with Gasteiger partial charge in [-0.05, 0) is 53.4 Å². The van der Waals surface area contributed by atoms with E-state index in [9.17, 15) is 9.90 Å². The molecule has 7 nitrogen and oxygen atoms in total. The van der Waals surface area contributed by atoms with E-state index in [4.69, 9.17) is 4.74 Å². The number of rotatable bonds is 6. The summed E-state index contributed by atoms with van der Waals surface area (Å²) in [6.07, 6.45) is 2.72. The Kier molecular flexibility index (Phi) is 5.43. The molecule has 35 heavy (non-hydrogen) atoms. The minimum atomic E-state index is -0.337. The molecule has 0 spiro atoms. The van der Waals surface area contributed by atoms with Gasteiger partial charge >= 0.3 is 0 Å². The first-order chi connectivity index (χ1) is 17.1. The SMILES string of the molecule is COc1ccc2[nH]cc(CCN3C(=O)C4NNC(c5ccccc5)C4C3c3cccc(O)c3)c2c1. The number of methoxy groups -OCH3 is 1. The van der Waals surface area contributed by atoms with Gasteiger partial charge in [-0.25, -0.2) is 10.9 Å². The molecule has 178 valence electrons. The van der Waals surface area contributed by atoms with Crippen molar-refractivity contribution in [2.24, 2.45) is 5.92 Å². The Morgan fingerprint density at radius 1 is 0.943 bits per heavy atom. The predicted molar refractivity (Wildman–Crippen MR) is 134 cm³/mol. The Hall–Kier alpha value is -3.81. The fourth-order valence-electron chi connectivity index (χ4n) is 5.74. The van der Waals surface area contributed by atoms with Crippen LogP contribution in [0.4, 0.5) is 0 Å². The van der Waals surface area contributed by atoms with E-state index < -0.39 is 0 Å². The summed E-state index contributed by atoms with van der Waals surface area (Å²) in [6.45, 7) is 0.569. The van der Waals surface area contributed by atoms with Gasteiger partial charge in [0, 0.05) is 29.6 Å². The number of phenolic OH excluding ortho intramolecular Hbond substituents is 1. The highest BCUT2D eigenvalue weighted by molar-refractivity contribution is 5.87. The first-order valence-electron chi connectivity index (χ1n) is 11.9. The van der Waals surface area contributed by atoms with Gasteiger partial charge in [0.2, 0.25) is 5.91 Å². The molecular weight excluding hydrogens is 440 g/mol. The normalized spacial score (nSPS) is 23.7. The molecule has 4 atom stereocenters. The number of aromatic hydroxyl groups is 1. The number of nitrogens with zero attached hydrogens (tertiary/aromatic N) is 1. The number of fused-ring (bicyclic) bond motifs is 2.